The molecule has 5 heteroatoms. The Morgan fingerprint density at radius 1 is 1.35 bits per heavy atom. The van der Waals surface area contributed by atoms with Crippen molar-refractivity contribution in [3.63, 3.8) is 0 Å². The Balaban J connectivity index is 1.66. The molecule has 1 amide bonds. The van der Waals surface area contributed by atoms with E-state index in [0.29, 0.717) is 19.8 Å². The predicted octanol–water partition coefficient (Wildman–Crippen LogP) is 1.17. The molecule has 0 bridgehead atoms. The molecule has 1 N–H and O–H groups in total. The number of fused-ring (bicyclic) bond motifs is 1. The summed E-state index contributed by atoms with van der Waals surface area (Å²) in [4.78, 5) is 14.0. The number of rotatable bonds is 3. The van der Waals surface area contributed by atoms with E-state index >= 15 is 0 Å². The fourth-order valence-corrected chi connectivity index (χ4v) is 2.70. The minimum atomic E-state index is -0.0165. The molecule has 1 unspecified atom stereocenters. The monoisotopic (exact) mass is 276 g/mol. The van der Waals surface area contributed by atoms with Crippen LogP contribution in [-0.2, 0) is 11.3 Å². The number of likely N-dealkylation sites (N-methyl/N-ethyl adjacent to an activating group) is 1. The first-order valence-electron chi connectivity index (χ1n) is 7.11. The van der Waals surface area contributed by atoms with E-state index in [2.05, 4.69) is 5.32 Å². The zero-order chi connectivity index (χ0) is 13.9. The van der Waals surface area contributed by atoms with E-state index < -0.39 is 0 Å². The topological polar surface area (TPSA) is 50.8 Å². The number of hydrogen-bond acceptors (Lipinski definition) is 4. The van der Waals surface area contributed by atoms with Gasteiger partial charge in [-0.2, -0.15) is 0 Å². The molecule has 2 aliphatic heterocycles. The van der Waals surface area contributed by atoms with Crippen LogP contribution in [0.5, 0.6) is 11.5 Å². The molecule has 0 aliphatic carbocycles. The number of carbonyl (C=O) groups is 1. The summed E-state index contributed by atoms with van der Waals surface area (Å²) in [6.07, 6.45) is 2.01. The van der Waals surface area contributed by atoms with Gasteiger partial charge in [0.15, 0.2) is 11.5 Å². The molecule has 1 atom stereocenters. The van der Waals surface area contributed by atoms with Gasteiger partial charge in [0.1, 0.15) is 13.2 Å². The largest absolute Gasteiger partial charge is 0.486 e. The Labute approximate surface area is 118 Å². The van der Waals surface area contributed by atoms with E-state index in [1.54, 1.807) is 4.90 Å². The summed E-state index contributed by atoms with van der Waals surface area (Å²) in [5.41, 5.74) is 1.06. The Bertz CT molecular complexity index is 498. The smallest absolute Gasteiger partial charge is 0.239 e. The van der Waals surface area contributed by atoms with Crippen LogP contribution in [0.3, 0.4) is 0 Å². The summed E-state index contributed by atoms with van der Waals surface area (Å²) in [5.74, 6) is 1.72. The van der Waals surface area contributed by atoms with Crippen LogP contribution in [-0.4, -0.2) is 43.7 Å². The van der Waals surface area contributed by atoms with Crippen molar-refractivity contribution in [2.75, 3.05) is 26.8 Å². The van der Waals surface area contributed by atoms with Gasteiger partial charge in [-0.05, 0) is 37.1 Å². The lowest BCUT2D eigenvalue weighted by molar-refractivity contribution is -0.132. The van der Waals surface area contributed by atoms with Crippen LogP contribution in [0.4, 0.5) is 0 Å². The Morgan fingerprint density at radius 2 is 2.15 bits per heavy atom. The lowest BCUT2D eigenvalue weighted by Gasteiger charge is -2.23. The van der Waals surface area contributed by atoms with Gasteiger partial charge in [-0.1, -0.05) is 6.07 Å². The van der Waals surface area contributed by atoms with Crippen molar-refractivity contribution in [2.45, 2.75) is 25.4 Å². The molecule has 0 saturated carbocycles. The molecule has 2 aliphatic rings. The van der Waals surface area contributed by atoms with Crippen LogP contribution in [0.1, 0.15) is 18.4 Å². The van der Waals surface area contributed by atoms with Crippen molar-refractivity contribution in [1.29, 1.82) is 0 Å². The van der Waals surface area contributed by atoms with Crippen LogP contribution in [0.2, 0.25) is 0 Å². The molecule has 1 aromatic carbocycles. The quantitative estimate of drug-likeness (QED) is 0.900. The maximum absolute atomic E-state index is 12.2. The number of carbonyl (C=O) groups excluding carboxylic acids is 1. The summed E-state index contributed by atoms with van der Waals surface area (Å²) in [6, 6.07) is 5.84. The molecule has 1 saturated heterocycles. The van der Waals surface area contributed by atoms with Crippen molar-refractivity contribution in [1.82, 2.24) is 10.2 Å². The Hall–Kier alpha value is -1.75. The van der Waals surface area contributed by atoms with Gasteiger partial charge in [-0.15, -0.1) is 0 Å². The minimum absolute atomic E-state index is 0.0165. The van der Waals surface area contributed by atoms with Gasteiger partial charge < -0.3 is 19.7 Å². The molecule has 2 heterocycles. The molecule has 20 heavy (non-hydrogen) atoms. The third-order valence-electron chi connectivity index (χ3n) is 3.76. The summed E-state index contributed by atoms with van der Waals surface area (Å²) in [6.45, 7) is 2.71. The molecule has 5 nitrogen and oxygen atoms in total. The van der Waals surface area contributed by atoms with Gasteiger partial charge in [-0.3, -0.25) is 4.79 Å². The van der Waals surface area contributed by atoms with Gasteiger partial charge in [0.2, 0.25) is 5.91 Å². The summed E-state index contributed by atoms with van der Waals surface area (Å²) in [5, 5.41) is 3.24. The van der Waals surface area contributed by atoms with Crippen LogP contribution in [0.25, 0.3) is 0 Å². The molecule has 0 spiro atoms. The van der Waals surface area contributed by atoms with Gasteiger partial charge in [0, 0.05) is 13.6 Å². The van der Waals surface area contributed by atoms with Crippen LogP contribution < -0.4 is 14.8 Å². The number of benzene rings is 1. The van der Waals surface area contributed by atoms with Crippen molar-refractivity contribution in [3.05, 3.63) is 23.8 Å². The Morgan fingerprint density at radius 3 is 2.90 bits per heavy atom. The van der Waals surface area contributed by atoms with Crippen molar-refractivity contribution in [3.8, 4) is 11.5 Å². The summed E-state index contributed by atoms with van der Waals surface area (Å²) >= 11 is 0. The number of ether oxygens (including phenoxy) is 2. The average molecular weight is 276 g/mol. The summed E-state index contributed by atoms with van der Waals surface area (Å²) < 4.78 is 11.1. The van der Waals surface area contributed by atoms with Gasteiger partial charge in [0.25, 0.3) is 0 Å². The first kappa shape index (κ1) is 13.2. The van der Waals surface area contributed by atoms with Crippen molar-refractivity contribution < 1.29 is 14.3 Å². The third-order valence-corrected chi connectivity index (χ3v) is 3.76. The minimum Gasteiger partial charge on any atom is -0.486 e. The molecule has 1 fully saturated rings. The molecule has 0 radical (unpaired) electrons. The van der Waals surface area contributed by atoms with E-state index in [9.17, 15) is 4.79 Å². The fraction of sp³-hybridized carbons (Fsp3) is 0.533. The van der Waals surface area contributed by atoms with Gasteiger partial charge >= 0.3 is 0 Å². The molecular formula is C15H20N2O3. The number of amides is 1. The number of nitrogens with zero attached hydrogens (tertiary/aromatic N) is 1. The first-order valence-corrected chi connectivity index (χ1v) is 7.11. The summed E-state index contributed by atoms with van der Waals surface area (Å²) in [7, 11) is 1.85. The maximum atomic E-state index is 12.2. The van der Waals surface area contributed by atoms with E-state index in [4.69, 9.17) is 9.47 Å². The highest BCUT2D eigenvalue weighted by Crippen LogP contribution is 2.31. The normalized spacial score (nSPS) is 20.8. The SMILES string of the molecule is CN(Cc1ccc2c(c1)OCCO2)C(=O)C1CCCN1. The lowest BCUT2D eigenvalue weighted by atomic mass is 10.1. The first-order chi connectivity index (χ1) is 9.74. The Kier molecular flexibility index (Phi) is 3.78. The van der Waals surface area contributed by atoms with Gasteiger partial charge in [-0.25, -0.2) is 0 Å². The highest BCUT2D eigenvalue weighted by molar-refractivity contribution is 5.81. The molecule has 3 rings (SSSR count). The predicted molar refractivity (Wildman–Crippen MR) is 74.9 cm³/mol. The van der Waals surface area contributed by atoms with Crippen LogP contribution in [0, 0.1) is 0 Å². The van der Waals surface area contributed by atoms with E-state index in [-0.39, 0.29) is 11.9 Å². The van der Waals surface area contributed by atoms with E-state index in [1.165, 1.54) is 0 Å². The fourth-order valence-electron chi connectivity index (χ4n) is 2.70. The molecule has 1 aromatic rings. The second kappa shape index (κ2) is 5.71. The lowest BCUT2D eigenvalue weighted by Crippen LogP contribution is -2.41. The molecular weight excluding hydrogens is 256 g/mol. The second-order valence-electron chi connectivity index (χ2n) is 5.32. The standard InChI is InChI=1S/C15H20N2O3/c1-17(15(18)12-3-2-6-16-12)10-11-4-5-13-14(9-11)20-8-7-19-13/h4-5,9,12,16H,2-3,6-8,10H2,1H3. The van der Waals surface area contributed by atoms with Crippen molar-refractivity contribution in [2.24, 2.45) is 0 Å². The van der Waals surface area contributed by atoms with Crippen LogP contribution in [0.15, 0.2) is 18.2 Å². The highest BCUT2D eigenvalue weighted by Gasteiger charge is 2.25. The van der Waals surface area contributed by atoms with Crippen molar-refractivity contribution >= 4 is 5.91 Å². The van der Waals surface area contributed by atoms with E-state index in [0.717, 1.165) is 36.4 Å². The highest BCUT2D eigenvalue weighted by atomic mass is 16.6. The maximum Gasteiger partial charge on any atom is 0.239 e. The van der Waals surface area contributed by atoms with Crippen LogP contribution >= 0.6 is 0 Å². The van der Waals surface area contributed by atoms with Gasteiger partial charge in [0.05, 0.1) is 6.04 Å². The average Bonchev–Trinajstić information content (AvgIpc) is 3.00. The zero-order valence-electron chi connectivity index (χ0n) is 11.7. The molecule has 108 valence electrons. The number of nitrogens with one attached hydrogen (secondary N) is 1. The van der Waals surface area contributed by atoms with E-state index in [1.807, 2.05) is 25.2 Å². The third kappa shape index (κ3) is 2.72. The second-order valence-corrected chi connectivity index (χ2v) is 5.32. The number of hydrogen-bond donors (Lipinski definition) is 1. The molecule has 0 aromatic heterocycles. The zero-order valence-corrected chi connectivity index (χ0v) is 11.7.